The Labute approximate surface area is 104 Å². The summed E-state index contributed by atoms with van der Waals surface area (Å²) in [6.45, 7) is 0.346. The fourth-order valence-electron chi connectivity index (χ4n) is 2.20. The van der Waals surface area contributed by atoms with Crippen molar-refractivity contribution in [2.24, 2.45) is 0 Å². The number of methoxy groups -OCH3 is 2. The Balaban J connectivity index is 2.27. The lowest BCUT2D eigenvalue weighted by Gasteiger charge is -2.09. The molecule has 18 heavy (non-hydrogen) atoms. The molecule has 2 aromatic rings. The van der Waals surface area contributed by atoms with Crippen LogP contribution in [0.4, 0.5) is 0 Å². The Kier molecular flexibility index (Phi) is 2.37. The highest BCUT2D eigenvalue weighted by molar-refractivity contribution is 5.99. The van der Waals surface area contributed by atoms with Crippen LogP contribution in [0.5, 0.6) is 11.5 Å². The second-order valence-corrected chi connectivity index (χ2v) is 4.14. The molecule has 92 valence electrons. The molecule has 0 atom stereocenters. The average Bonchev–Trinajstić information content (AvgIpc) is 2.75. The van der Waals surface area contributed by atoms with Crippen LogP contribution in [0.1, 0.15) is 15.9 Å². The third kappa shape index (κ3) is 1.49. The molecule has 3 rings (SSSR count). The lowest BCUT2D eigenvalue weighted by Crippen LogP contribution is -1.94. The first kappa shape index (κ1) is 10.9. The van der Waals surface area contributed by atoms with Crippen LogP contribution < -0.4 is 9.47 Å². The van der Waals surface area contributed by atoms with E-state index in [9.17, 15) is 4.79 Å². The number of fused-ring (bicyclic) bond motifs is 2. The van der Waals surface area contributed by atoms with Crippen LogP contribution in [0.25, 0.3) is 10.8 Å². The molecule has 0 saturated carbocycles. The largest absolute Gasteiger partial charge is 0.493 e. The molecule has 1 aliphatic heterocycles. The number of rotatable bonds is 2. The molecule has 0 fully saturated rings. The minimum atomic E-state index is -0.262. The Morgan fingerprint density at radius 1 is 1.00 bits per heavy atom. The van der Waals surface area contributed by atoms with E-state index in [0.717, 1.165) is 16.3 Å². The molecule has 0 saturated heterocycles. The van der Waals surface area contributed by atoms with E-state index >= 15 is 0 Å². The molecule has 0 radical (unpaired) electrons. The van der Waals surface area contributed by atoms with Crippen molar-refractivity contribution in [3.63, 3.8) is 0 Å². The molecule has 0 aromatic heterocycles. The van der Waals surface area contributed by atoms with Gasteiger partial charge >= 0.3 is 5.97 Å². The molecule has 0 N–H and O–H groups in total. The number of ether oxygens (including phenoxy) is 3. The van der Waals surface area contributed by atoms with E-state index in [2.05, 4.69) is 0 Å². The van der Waals surface area contributed by atoms with Crippen molar-refractivity contribution >= 4 is 16.7 Å². The third-order valence-electron chi connectivity index (χ3n) is 3.14. The summed E-state index contributed by atoms with van der Waals surface area (Å²) in [6, 6.07) is 7.55. The normalized spacial score (nSPS) is 13.3. The predicted octanol–water partition coefficient (Wildman–Crippen LogP) is 2.53. The Bertz CT molecular complexity index is 646. The minimum absolute atomic E-state index is 0.262. The first-order valence-electron chi connectivity index (χ1n) is 5.58. The Morgan fingerprint density at radius 3 is 2.22 bits per heavy atom. The number of hydrogen-bond acceptors (Lipinski definition) is 4. The van der Waals surface area contributed by atoms with Gasteiger partial charge in [-0.25, -0.2) is 4.79 Å². The molecule has 4 nitrogen and oxygen atoms in total. The quantitative estimate of drug-likeness (QED) is 0.761. The van der Waals surface area contributed by atoms with Crippen LogP contribution in [0.15, 0.2) is 24.3 Å². The van der Waals surface area contributed by atoms with E-state index in [1.807, 2.05) is 24.3 Å². The topological polar surface area (TPSA) is 44.8 Å². The number of benzene rings is 2. The standard InChI is InChI=1S/C14H12O4/c1-16-12-5-8-3-10-7-18-14(15)11(10)4-9(8)6-13(12)17-2/h3-6H,7H2,1-2H3. The van der Waals surface area contributed by atoms with Gasteiger partial charge in [-0.15, -0.1) is 0 Å². The Morgan fingerprint density at radius 2 is 1.61 bits per heavy atom. The lowest BCUT2D eigenvalue weighted by atomic mass is 10.0. The van der Waals surface area contributed by atoms with Crippen LogP contribution in [0.3, 0.4) is 0 Å². The van der Waals surface area contributed by atoms with Crippen LogP contribution >= 0.6 is 0 Å². The van der Waals surface area contributed by atoms with Gasteiger partial charge in [0.1, 0.15) is 6.61 Å². The summed E-state index contributed by atoms with van der Waals surface area (Å²) < 4.78 is 15.5. The van der Waals surface area contributed by atoms with Crippen LogP contribution in [0, 0.1) is 0 Å². The summed E-state index contributed by atoms with van der Waals surface area (Å²) >= 11 is 0. The van der Waals surface area contributed by atoms with Crippen molar-refractivity contribution in [1.82, 2.24) is 0 Å². The number of esters is 1. The number of hydrogen-bond donors (Lipinski definition) is 0. The number of cyclic esters (lactones) is 1. The fourth-order valence-corrected chi connectivity index (χ4v) is 2.20. The van der Waals surface area contributed by atoms with E-state index in [0.29, 0.717) is 23.7 Å². The molecule has 1 aliphatic rings. The highest BCUT2D eigenvalue weighted by atomic mass is 16.5. The van der Waals surface area contributed by atoms with E-state index in [-0.39, 0.29) is 5.97 Å². The van der Waals surface area contributed by atoms with Gasteiger partial charge in [0.05, 0.1) is 19.8 Å². The number of carbonyl (C=O) groups is 1. The van der Waals surface area contributed by atoms with Crippen molar-refractivity contribution in [3.8, 4) is 11.5 Å². The maximum absolute atomic E-state index is 11.5. The molecular formula is C14H12O4. The monoisotopic (exact) mass is 244 g/mol. The molecule has 0 unspecified atom stereocenters. The summed E-state index contributed by atoms with van der Waals surface area (Å²) in [4.78, 5) is 11.5. The minimum Gasteiger partial charge on any atom is -0.493 e. The predicted molar refractivity (Wildman–Crippen MR) is 66.2 cm³/mol. The average molecular weight is 244 g/mol. The van der Waals surface area contributed by atoms with Crippen LogP contribution in [0.2, 0.25) is 0 Å². The zero-order valence-electron chi connectivity index (χ0n) is 10.1. The van der Waals surface area contributed by atoms with Gasteiger partial charge in [-0.3, -0.25) is 0 Å². The van der Waals surface area contributed by atoms with Crippen LogP contribution in [-0.4, -0.2) is 20.2 Å². The van der Waals surface area contributed by atoms with Crippen molar-refractivity contribution < 1.29 is 19.0 Å². The first-order chi connectivity index (χ1) is 8.72. The highest BCUT2D eigenvalue weighted by Gasteiger charge is 2.22. The summed E-state index contributed by atoms with van der Waals surface area (Å²) in [6.07, 6.45) is 0. The van der Waals surface area contributed by atoms with Gasteiger partial charge in [0.15, 0.2) is 11.5 Å². The zero-order chi connectivity index (χ0) is 12.7. The van der Waals surface area contributed by atoms with E-state index < -0.39 is 0 Å². The molecular weight excluding hydrogens is 232 g/mol. The lowest BCUT2D eigenvalue weighted by molar-refractivity contribution is 0.0535. The molecule has 2 aromatic carbocycles. The van der Waals surface area contributed by atoms with Gasteiger partial charge in [-0.1, -0.05) is 0 Å². The molecule has 0 aliphatic carbocycles. The molecule has 4 heteroatoms. The first-order valence-corrected chi connectivity index (χ1v) is 5.58. The van der Waals surface area contributed by atoms with Crippen molar-refractivity contribution in [2.75, 3.05) is 14.2 Å². The highest BCUT2D eigenvalue weighted by Crippen LogP contribution is 2.34. The van der Waals surface area contributed by atoms with Gasteiger partial charge in [-0.05, 0) is 35.0 Å². The maximum Gasteiger partial charge on any atom is 0.338 e. The molecule has 0 spiro atoms. The summed E-state index contributed by atoms with van der Waals surface area (Å²) in [7, 11) is 3.19. The van der Waals surface area contributed by atoms with Crippen molar-refractivity contribution in [1.29, 1.82) is 0 Å². The molecule has 0 bridgehead atoms. The third-order valence-corrected chi connectivity index (χ3v) is 3.14. The summed E-state index contributed by atoms with van der Waals surface area (Å²) in [5.74, 6) is 1.06. The second kappa shape index (κ2) is 3.91. The van der Waals surface area contributed by atoms with Crippen molar-refractivity contribution in [3.05, 3.63) is 35.4 Å². The van der Waals surface area contributed by atoms with E-state index in [4.69, 9.17) is 14.2 Å². The van der Waals surface area contributed by atoms with Gasteiger partial charge in [-0.2, -0.15) is 0 Å². The second-order valence-electron chi connectivity index (χ2n) is 4.14. The van der Waals surface area contributed by atoms with Gasteiger partial charge in [0.25, 0.3) is 0 Å². The number of carbonyl (C=O) groups excluding carboxylic acids is 1. The van der Waals surface area contributed by atoms with Gasteiger partial charge in [0, 0.05) is 5.56 Å². The molecule has 1 heterocycles. The van der Waals surface area contributed by atoms with Gasteiger partial charge < -0.3 is 14.2 Å². The van der Waals surface area contributed by atoms with E-state index in [1.54, 1.807) is 14.2 Å². The SMILES string of the molecule is COc1cc2cc3c(cc2cc1OC)C(=O)OC3. The van der Waals surface area contributed by atoms with Crippen LogP contribution in [-0.2, 0) is 11.3 Å². The van der Waals surface area contributed by atoms with Crippen molar-refractivity contribution in [2.45, 2.75) is 6.61 Å². The van der Waals surface area contributed by atoms with E-state index in [1.165, 1.54) is 0 Å². The summed E-state index contributed by atoms with van der Waals surface area (Å²) in [5, 5.41) is 1.94. The summed E-state index contributed by atoms with van der Waals surface area (Å²) in [5.41, 5.74) is 1.55. The zero-order valence-corrected chi connectivity index (χ0v) is 10.1. The fraction of sp³-hybridized carbons (Fsp3) is 0.214. The Hall–Kier alpha value is -2.23. The molecule has 0 amide bonds. The smallest absolute Gasteiger partial charge is 0.338 e. The maximum atomic E-state index is 11.5. The van der Waals surface area contributed by atoms with Gasteiger partial charge in [0.2, 0.25) is 0 Å².